The van der Waals surface area contributed by atoms with Gasteiger partial charge in [-0.25, -0.2) is 4.39 Å². The number of carbonyl (C=O) groups is 1. The Hall–Kier alpha value is -2.12. The molecule has 0 aliphatic carbocycles. The highest BCUT2D eigenvalue weighted by molar-refractivity contribution is 9.10. The molecular formula is C16H11BrFN3OS. The minimum Gasteiger partial charge on any atom is -0.296 e. The first-order chi connectivity index (χ1) is 11.1. The molecule has 0 unspecified atom stereocenters. The smallest absolute Gasteiger partial charge is 0.257 e. The highest BCUT2D eigenvalue weighted by Crippen LogP contribution is 2.21. The number of amides is 1. The molecule has 0 bridgehead atoms. The minimum absolute atomic E-state index is 0.264. The van der Waals surface area contributed by atoms with Crippen LogP contribution in [0.2, 0.25) is 0 Å². The first-order valence-electron chi connectivity index (χ1n) is 6.74. The largest absolute Gasteiger partial charge is 0.296 e. The molecule has 1 aromatic heterocycles. The molecule has 0 fully saturated rings. The van der Waals surface area contributed by atoms with E-state index in [0.717, 1.165) is 4.47 Å². The molecule has 0 atom stereocenters. The number of rotatable bonds is 4. The Kier molecular flexibility index (Phi) is 4.78. The van der Waals surface area contributed by atoms with Gasteiger partial charge in [0.2, 0.25) is 5.13 Å². The van der Waals surface area contributed by atoms with Crippen molar-refractivity contribution in [3.05, 3.63) is 75.0 Å². The zero-order valence-electron chi connectivity index (χ0n) is 11.8. The lowest BCUT2D eigenvalue weighted by Crippen LogP contribution is -2.11. The van der Waals surface area contributed by atoms with E-state index in [4.69, 9.17) is 0 Å². The molecule has 7 heteroatoms. The Morgan fingerprint density at radius 1 is 1.17 bits per heavy atom. The van der Waals surface area contributed by atoms with E-state index >= 15 is 0 Å². The SMILES string of the molecule is O=C(Nc1nnc(Cc2ccccc2F)s1)c1cccc(Br)c1. The Labute approximate surface area is 144 Å². The van der Waals surface area contributed by atoms with Crippen molar-refractivity contribution >= 4 is 38.3 Å². The third-order valence-corrected chi connectivity index (χ3v) is 4.41. The summed E-state index contributed by atoms with van der Waals surface area (Å²) >= 11 is 4.55. The predicted molar refractivity (Wildman–Crippen MR) is 91.2 cm³/mol. The normalized spacial score (nSPS) is 10.5. The van der Waals surface area contributed by atoms with Gasteiger partial charge in [-0.1, -0.05) is 51.5 Å². The summed E-state index contributed by atoms with van der Waals surface area (Å²) in [7, 11) is 0. The van der Waals surface area contributed by atoms with Gasteiger partial charge in [-0.3, -0.25) is 10.1 Å². The highest BCUT2D eigenvalue weighted by atomic mass is 79.9. The van der Waals surface area contributed by atoms with Crippen LogP contribution in [0.15, 0.2) is 53.0 Å². The molecule has 116 valence electrons. The Morgan fingerprint density at radius 2 is 2.00 bits per heavy atom. The monoisotopic (exact) mass is 391 g/mol. The molecule has 0 radical (unpaired) electrons. The van der Waals surface area contributed by atoms with Gasteiger partial charge in [0, 0.05) is 16.5 Å². The van der Waals surface area contributed by atoms with Gasteiger partial charge < -0.3 is 0 Å². The molecule has 0 aliphatic heterocycles. The molecule has 0 saturated carbocycles. The van der Waals surface area contributed by atoms with Crippen LogP contribution in [0.25, 0.3) is 0 Å². The molecule has 0 saturated heterocycles. The summed E-state index contributed by atoms with van der Waals surface area (Å²) < 4.78 is 14.5. The fraction of sp³-hybridized carbons (Fsp3) is 0.0625. The molecule has 2 aromatic carbocycles. The van der Waals surface area contributed by atoms with Crippen LogP contribution in [-0.2, 0) is 6.42 Å². The Morgan fingerprint density at radius 3 is 2.78 bits per heavy atom. The van der Waals surface area contributed by atoms with Crippen molar-refractivity contribution < 1.29 is 9.18 Å². The Balaban J connectivity index is 1.70. The lowest BCUT2D eigenvalue weighted by atomic mass is 10.1. The number of hydrogen-bond acceptors (Lipinski definition) is 4. The Bertz CT molecular complexity index is 853. The molecule has 4 nitrogen and oxygen atoms in total. The third-order valence-electron chi connectivity index (χ3n) is 3.07. The number of nitrogens with one attached hydrogen (secondary N) is 1. The first-order valence-corrected chi connectivity index (χ1v) is 8.35. The minimum atomic E-state index is -0.276. The van der Waals surface area contributed by atoms with Crippen molar-refractivity contribution in [2.75, 3.05) is 5.32 Å². The van der Waals surface area contributed by atoms with Gasteiger partial charge in [0.25, 0.3) is 5.91 Å². The zero-order valence-corrected chi connectivity index (χ0v) is 14.2. The van der Waals surface area contributed by atoms with Gasteiger partial charge in [-0.2, -0.15) is 0 Å². The fourth-order valence-corrected chi connectivity index (χ4v) is 3.14. The molecule has 0 aliphatic rings. The maximum absolute atomic E-state index is 13.6. The molecule has 0 spiro atoms. The van der Waals surface area contributed by atoms with Crippen LogP contribution < -0.4 is 5.32 Å². The van der Waals surface area contributed by atoms with Crippen LogP contribution in [0.4, 0.5) is 9.52 Å². The summed E-state index contributed by atoms with van der Waals surface area (Å²) in [6.45, 7) is 0. The van der Waals surface area contributed by atoms with Crippen LogP contribution in [0.3, 0.4) is 0 Å². The predicted octanol–water partition coefficient (Wildman–Crippen LogP) is 4.28. The van der Waals surface area contributed by atoms with Crippen molar-refractivity contribution in [1.29, 1.82) is 0 Å². The van der Waals surface area contributed by atoms with Crippen molar-refractivity contribution in [3.8, 4) is 0 Å². The molecule has 1 amide bonds. The maximum atomic E-state index is 13.6. The number of carbonyl (C=O) groups excluding carboxylic acids is 1. The molecule has 3 aromatic rings. The standard InChI is InChI=1S/C16H11BrFN3OS/c17-12-6-3-5-11(8-12)15(22)19-16-21-20-14(23-16)9-10-4-1-2-7-13(10)18/h1-8H,9H2,(H,19,21,22). The molecule has 3 rings (SSSR count). The summed E-state index contributed by atoms with van der Waals surface area (Å²) in [4.78, 5) is 12.1. The van der Waals surface area contributed by atoms with E-state index in [0.29, 0.717) is 27.7 Å². The molecule has 1 N–H and O–H groups in total. The van der Waals surface area contributed by atoms with Crippen molar-refractivity contribution in [2.45, 2.75) is 6.42 Å². The van der Waals surface area contributed by atoms with Gasteiger partial charge in [-0.05, 0) is 29.8 Å². The summed E-state index contributed by atoms with van der Waals surface area (Å²) in [5, 5.41) is 11.7. The fourth-order valence-electron chi connectivity index (χ4n) is 1.98. The average Bonchev–Trinajstić information content (AvgIpc) is 2.97. The summed E-state index contributed by atoms with van der Waals surface area (Å²) in [6.07, 6.45) is 0.344. The number of nitrogens with zero attached hydrogens (tertiary/aromatic N) is 2. The number of halogens is 2. The topological polar surface area (TPSA) is 54.9 Å². The van der Waals surface area contributed by atoms with E-state index in [-0.39, 0.29) is 11.7 Å². The van der Waals surface area contributed by atoms with Crippen LogP contribution in [0, 0.1) is 5.82 Å². The van der Waals surface area contributed by atoms with Gasteiger partial charge in [0.05, 0.1) is 0 Å². The summed E-state index contributed by atoms with van der Waals surface area (Å²) in [5.74, 6) is -0.540. The van der Waals surface area contributed by atoms with Gasteiger partial charge >= 0.3 is 0 Å². The summed E-state index contributed by atoms with van der Waals surface area (Å²) in [5.41, 5.74) is 1.07. The van der Waals surface area contributed by atoms with Gasteiger partial charge in [0.15, 0.2) is 0 Å². The zero-order chi connectivity index (χ0) is 16.2. The third kappa shape index (κ3) is 4.00. The first kappa shape index (κ1) is 15.8. The number of benzene rings is 2. The van der Waals surface area contributed by atoms with E-state index in [2.05, 4.69) is 31.4 Å². The van der Waals surface area contributed by atoms with Crippen LogP contribution in [-0.4, -0.2) is 16.1 Å². The second kappa shape index (κ2) is 6.97. The highest BCUT2D eigenvalue weighted by Gasteiger charge is 2.12. The molecule has 1 heterocycles. The van der Waals surface area contributed by atoms with E-state index in [1.807, 2.05) is 6.07 Å². The summed E-state index contributed by atoms with van der Waals surface area (Å²) in [6, 6.07) is 13.6. The van der Waals surface area contributed by atoms with Crippen molar-refractivity contribution in [1.82, 2.24) is 10.2 Å². The lowest BCUT2D eigenvalue weighted by Gasteiger charge is -2.01. The van der Waals surface area contributed by atoms with Crippen molar-refractivity contribution in [2.24, 2.45) is 0 Å². The number of aromatic nitrogens is 2. The lowest BCUT2D eigenvalue weighted by molar-refractivity contribution is 0.102. The molecule has 23 heavy (non-hydrogen) atoms. The average molecular weight is 392 g/mol. The maximum Gasteiger partial charge on any atom is 0.257 e. The van der Waals surface area contributed by atoms with E-state index < -0.39 is 0 Å². The van der Waals surface area contributed by atoms with Gasteiger partial charge in [-0.15, -0.1) is 10.2 Å². The van der Waals surface area contributed by atoms with Gasteiger partial charge in [0.1, 0.15) is 10.8 Å². The van der Waals surface area contributed by atoms with Crippen LogP contribution in [0.5, 0.6) is 0 Å². The quantitative estimate of drug-likeness (QED) is 0.721. The second-order valence-corrected chi connectivity index (χ2v) is 6.71. The van der Waals surface area contributed by atoms with Crippen LogP contribution >= 0.6 is 27.3 Å². The van der Waals surface area contributed by atoms with Crippen molar-refractivity contribution in [3.63, 3.8) is 0 Å². The van der Waals surface area contributed by atoms with E-state index in [1.54, 1.807) is 36.4 Å². The number of anilines is 1. The second-order valence-electron chi connectivity index (χ2n) is 4.73. The van der Waals surface area contributed by atoms with E-state index in [9.17, 15) is 9.18 Å². The van der Waals surface area contributed by atoms with Crippen LogP contribution in [0.1, 0.15) is 20.9 Å². The number of hydrogen-bond donors (Lipinski definition) is 1. The molecular weight excluding hydrogens is 381 g/mol. The van der Waals surface area contributed by atoms with E-state index in [1.165, 1.54) is 17.4 Å².